The van der Waals surface area contributed by atoms with E-state index in [0.717, 1.165) is 16.7 Å². The van der Waals surface area contributed by atoms with Crippen molar-refractivity contribution in [1.29, 1.82) is 0 Å². The molecule has 5 rings (SSSR count). The van der Waals surface area contributed by atoms with E-state index >= 15 is 0 Å². The summed E-state index contributed by atoms with van der Waals surface area (Å²) < 4.78 is 13.3. The number of hydrogen-bond donors (Lipinski definition) is 1. The van der Waals surface area contributed by atoms with Crippen molar-refractivity contribution < 1.29 is 19.4 Å². The van der Waals surface area contributed by atoms with E-state index in [-0.39, 0.29) is 23.7 Å². The highest BCUT2D eigenvalue weighted by Crippen LogP contribution is 2.37. The van der Waals surface area contributed by atoms with Gasteiger partial charge in [-0.1, -0.05) is 79.8 Å². The van der Waals surface area contributed by atoms with Crippen molar-refractivity contribution in [1.82, 2.24) is 4.57 Å². The number of carbonyl (C=O) groups is 1. The molecule has 0 bridgehead atoms. The van der Waals surface area contributed by atoms with E-state index in [1.54, 1.807) is 29.7 Å². The Labute approximate surface area is 249 Å². The molecular formula is C32H29BrN2O5S. The van der Waals surface area contributed by atoms with Crippen molar-refractivity contribution in [3.05, 3.63) is 119 Å². The van der Waals surface area contributed by atoms with Crippen LogP contribution < -0.4 is 19.6 Å². The molecule has 0 fully saturated rings. The monoisotopic (exact) mass is 632 g/mol. The molecule has 0 radical (unpaired) electrons. The van der Waals surface area contributed by atoms with Gasteiger partial charge in [0.1, 0.15) is 0 Å². The maximum Gasteiger partial charge on any atom is 0.338 e. The van der Waals surface area contributed by atoms with Gasteiger partial charge < -0.3 is 14.6 Å². The fourth-order valence-corrected chi connectivity index (χ4v) is 6.26. The zero-order chi connectivity index (χ0) is 29.3. The molecule has 4 aromatic rings. The number of carbonyl (C=O) groups excluding carboxylic acids is 1. The summed E-state index contributed by atoms with van der Waals surface area (Å²) in [7, 11) is 1.46. The van der Waals surface area contributed by atoms with Crippen LogP contribution >= 0.6 is 27.3 Å². The fourth-order valence-electron chi connectivity index (χ4n) is 4.80. The highest BCUT2D eigenvalue weighted by molar-refractivity contribution is 9.10. The molecule has 210 valence electrons. The van der Waals surface area contributed by atoms with Crippen molar-refractivity contribution in [3.8, 4) is 11.5 Å². The van der Waals surface area contributed by atoms with Crippen molar-refractivity contribution in [2.75, 3.05) is 13.7 Å². The van der Waals surface area contributed by atoms with Crippen LogP contribution in [0.1, 0.15) is 55.0 Å². The van der Waals surface area contributed by atoms with Crippen molar-refractivity contribution in [2.24, 2.45) is 4.99 Å². The van der Waals surface area contributed by atoms with Crippen LogP contribution in [0.15, 0.2) is 86.6 Å². The number of phenolic OH excluding ortho intramolecular Hbond substituents is 1. The number of rotatable bonds is 7. The van der Waals surface area contributed by atoms with Crippen LogP contribution in [0.5, 0.6) is 11.5 Å². The van der Waals surface area contributed by atoms with Crippen molar-refractivity contribution in [3.63, 3.8) is 0 Å². The fraction of sp³-hybridized carbons (Fsp3) is 0.219. The minimum atomic E-state index is -0.745. The molecule has 0 unspecified atom stereocenters. The Kier molecular flexibility index (Phi) is 8.28. The first-order chi connectivity index (χ1) is 19.7. The Hall–Kier alpha value is -3.95. The van der Waals surface area contributed by atoms with Gasteiger partial charge >= 0.3 is 5.97 Å². The second kappa shape index (κ2) is 11.9. The lowest BCUT2D eigenvalue weighted by Gasteiger charge is -2.26. The van der Waals surface area contributed by atoms with Crippen LogP contribution in [-0.4, -0.2) is 29.4 Å². The summed E-state index contributed by atoms with van der Waals surface area (Å²) in [5.74, 6) is 0.0575. The second-order valence-corrected chi connectivity index (χ2v) is 11.7. The van der Waals surface area contributed by atoms with E-state index in [1.165, 1.54) is 18.4 Å². The lowest BCUT2D eigenvalue weighted by atomic mass is 9.91. The van der Waals surface area contributed by atoms with Crippen LogP contribution in [-0.2, 0) is 9.53 Å². The molecule has 1 atom stereocenters. The van der Waals surface area contributed by atoms with Gasteiger partial charge in [-0.2, -0.15) is 0 Å². The molecule has 0 saturated heterocycles. The largest absolute Gasteiger partial charge is 0.503 e. The number of aromatic nitrogens is 1. The molecule has 0 amide bonds. The Bertz CT molecular complexity index is 1820. The number of ether oxygens (including phenoxy) is 2. The van der Waals surface area contributed by atoms with Gasteiger partial charge in [-0.25, -0.2) is 9.79 Å². The van der Waals surface area contributed by atoms with Crippen LogP contribution in [0.3, 0.4) is 0 Å². The standard InChI is InChI=1S/C32H29BrN2O5S/c1-5-40-31(38)26-27(21-9-7-6-8-10-21)34-32-35(28(26)22-13-11-20(12-14-22)18(2)3)30(37)25(41-32)17-19-15-23(33)29(36)24(16-19)39-4/h6-18,28,36H,5H2,1-4H3/b25-17-/t28-/m0/s1. The number of methoxy groups -OCH3 is 1. The molecule has 1 aliphatic rings. The lowest BCUT2D eigenvalue weighted by molar-refractivity contribution is -0.138. The Balaban J connectivity index is 1.81. The van der Waals surface area contributed by atoms with E-state index in [0.29, 0.717) is 36.6 Å². The lowest BCUT2D eigenvalue weighted by Crippen LogP contribution is -2.40. The average Bonchev–Trinajstić information content (AvgIpc) is 3.28. The number of phenols is 1. The smallest absolute Gasteiger partial charge is 0.338 e. The summed E-state index contributed by atoms with van der Waals surface area (Å²) in [6, 6.07) is 20.1. The molecule has 1 aliphatic heterocycles. The van der Waals surface area contributed by atoms with Crippen LogP contribution in [0.2, 0.25) is 0 Å². The van der Waals surface area contributed by atoms with Gasteiger partial charge in [0.2, 0.25) is 0 Å². The summed E-state index contributed by atoms with van der Waals surface area (Å²) in [5.41, 5.74) is 3.84. The molecule has 41 heavy (non-hydrogen) atoms. The highest BCUT2D eigenvalue weighted by Gasteiger charge is 2.35. The normalized spacial score (nSPS) is 15.1. The summed E-state index contributed by atoms with van der Waals surface area (Å²) in [6.07, 6.45) is 1.73. The molecule has 7 nitrogen and oxygen atoms in total. The number of halogens is 1. The Morgan fingerprint density at radius 2 is 1.85 bits per heavy atom. The predicted molar refractivity (Wildman–Crippen MR) is 164 cm³/mol. The summed E-state index contributed by atoms with van der Waals surface area (Å²) in [5, 5.41) is 10.2. The van der Waals surface area contributed by atoms with E-state index in [4.69, 9.17) is 14.5 Å². The minimum Gasteiger partial charge on any atom is -0.503 e. The van der Waals surface area contributed by atoms with Gasteiger partial charge in [0, 0.05) is 5.56 Å². The van der Waals surface area contributed by atoms with Gasteiger partial charge in [-0.05, 0) is 63.7 Å². The molecule has 2 heterocycles. The zero-order valence-corrected chi connectivity index (χ0v) is 25.5. The topological polar surface area (TPSA) is 90.1 Å². The van der Waals surface area contributed by atoms with Crippen LogP contribution in [0.25, 0.3) is 11.8 Å². The first-order valence-corrected chi connectivity index (χ1v) is 14.8. The van der Waals surface area contributed by atoms with Crippen LogP contribution in [0, 0.1) is 0 Å². The SMILES string of the molecule is CCOC(=O)C1=C(c2ccccc2)N=c2s/c(=C\c3cc(Br)c(O)c(OC)c3)c(=O)n2[C@H]1c1ccc(C(C)C)cc1. The molecule has 3 aromatic carbocycles. The second-order valence-electron chi connectivity index (χ2n) is 9.81. The van der Waals surface area contributed by atoms with Gasteiger partial charge in [0.15, 0.2) is 16.3 Å². The summed E-state index contributed by atoms with van der Waals surface area (Å²) >= 11 is 4.58. The third kappa shape index (κ3) is 5.52. The van der Waals surface area contributed by atoms with Gasteiger partial charge in [0.25, 0.3) is 5.56 Å². The number of nitrogens with zero attached hydrogens (tertiary/aromatic N) is 2. The van der Waals surface area contributed by atoms with E-state index in [9.17, 15) is 14.7 Å². The Morgan fingerprint density at radius 1 is 1.15 bits per heavy atom. The number of hydrogen-bond acceptors (Lipinski definition) is 7. The quantitative estimate of drug-likeness (QED) is 0.270. The number of thiazole rings is 1. The van der Waals surface area contributed by atoms with Gasteiger partial charge in [-0.3, -0.25) is 9.36 Å². The number of aromatic hydroxyl groups is 1. The molecule has 1 N–H and O–H groups in total. The van der Waals surface area contributed by atoms with Gasteiger partial charge in [0.05, 0.1) is 40.0 Å². The first-order valence-electron chi connectivity index (χ1n) is 13.2. The number of benzene rings is 3. The first kappa shape index (κ1) is 28.6. The molecule has 1 aromatic heterocycles. The van der Waals surface area contributed by atoms with E-state index in [1.807, 2.05) is 54.6 Å². The highest BCUT2D eigenvalue weighted by atomic mass is 79.9. The molecule has 0 spiro atoms. The van der Waals surface area contributed by atoms with E-state index < -0.39 is 12.0 Å². The molecule has 0 aliphatic carbocycles. The predicted octanol–water partition coefficient (Wildman–Crippen LogP) is 5.54. The number of fused-ring (bicyclic) bond motifs is 1. The van der Waals surface area contributed by atoms with E-state index in [2.05, 4.69) is 29.8 Å². The maximum atomic E-state index is 14.1. The maximum absolute atomic E-state index is 14.1. The average molecular weight is 634 g/mol. The number of esters is 1. The van der Waals surface area contributed by atoms with Crippen molar-refractivity contribution >= 4 is 45.0 Å². The minimum absolute atomic E-state index is 0.0254. The molecular weight excluding hydrogens is 604 g/mol. The summed E-state index contributed by atoms with van der Waals surface area (Å²) in [6.45, 7) is 6.18. The Morgan fingerprint density at radius 3 is 2.49 bits per heavy atom. The zero-order valence-electron chi connectivity index (χ0n) is 23.1. The van der Waals surface area contributed by atoms with Gasteiger partial charge in [-0.15, -0.1) is 0 Å². The third-order valence-electron chi connectivity index (χ3n) is 6.86. The molecule has 0 saturated carbocycles. The summed E-state index contributed by atoms with van der Waals surface area (Å²) in [4.78, 5) is 33.0. The molecule has 9 heteroatoms. The third-order valence-corrected chi connectivity index (χ3v) is 8.45. The van der Waals surface area contributed by atoms with Crippen molar-refractivity contribution in [2.45, 2.75) is 32.7 Å². The van der Waals surface area contributed by atoms with Crippen LogP contribution in [0.4, 0.5) is 0 Å².